The maximum absolute atomic E-state index is 4.88. The summed E-state index contributed by atoms with van der Waals surface area (Å²) < 4.78 is 3.73. The van der Waals surface area contributed by atoms with Gasteiger partial charge < -0.3 is 0 Å². The Morgan fingerprint density at radius 3 is 2.37 bits per heavy atom. The van der Waals surface area contributed by atoms with Gasteiger partial charge in [0.25, 0.3) is 5.78 Å². The number of hydrogen-bond acceptors (Lipinski definition) is 5. The monoisotopic (exact) mass is 412 g/mol. The van der Waals surface area contributed by atoms with Gasteiger partial charge in [0.2, 0.25) is 5.16 Å². The van der Waals surface area contributed by atoms with Gasteiger partial charge in [0.15, 0.2) is 0 Å². The summed E-state index contributed by atoms with van der Waals surface area (Å²) >= 11 is 1.59. The molecule has 2 aromatic carbocycles. The van der Waals surface area contributed by atoms with Gasteiger partial charge in [-0.1, -0.05) is 60.3 Å². The molecule has 7 heteroatoms. The number of nitrogens with zero attached hydrogens (tertiary/aromatic N) is 6. The van der Waals surface area contributed by atoms with Gasteiger partial charge in [-0.25, -0.2) is 14.2 Å². The van der Waals surface area contributed by atoms with Crippen LogP contribution in [0.2, 0.25) is 0 Å². The molecule has 0 bridgehead atoms. The first-order valence-corrected chi connectivity index (χ1v) is 10.7. The minimum absolute atomic E-state index is 0.637. The summed E-state index contributed by atoms with van der Waals surface area (Å²) in [6.45, 7) is 3.99. The van der Waals surface area contributed by atoms with Crippen molar-refractivity contribution in [2.24, 2.45) is 0 Å². The smallest absolute Gasteiger partial charge is 0.240 e. The van der Waals surface area contributed by atoms with Gasteiger partial charge in [0.1, 0.15) is 0 Å². The lowest BCUT2D eigenvalue weighted by Crippen LogP contribution is -1.97. The molecule has 0 saturated carbocycles. The molecular formula is C23H20N6S. The minimum Gasteiger partial charge on any atom is -0.240 e. The van der Waals surface area contributed by atoms with Crippen LogP contribution in [0.15, 0.2) is 78.1 Å². The van der Waals surface area contributed by atoms with Crippen LogP contribution < -0.4 is 0 Å². The first kappa shape index (κ1) is 18.6. The zero-order valence-corrected chi connectivity index (χ0v) is 17.5. The van der Waals surface area contributed by atoms with E-state index in [1.54, 1.807) is 16.3 Å². The fourth-order valence-electron chi connectivity index (χ4n) is 3.42. The minimum atomic E-state index is 0.637. The molecule has 3 aromatic heterocycles. The summed E-state index contributed by atoms with van der Waals surface area (Å²) in [5.74, 6) is 1.35. The van der Waals surface area contributed by atoms with Crippen LogP contribution in [0.4, 0.5) is 0 Å². The van der Waals surface area contributed by atoms with Gasteiger partial charge in [-0.3, -0.25) is 0 Å². The maximum Gasteiger partial charge on any atom is 0.253 e. The number of rotatable bonds is 5. The summed E-state index contributed by atoms with van der Waals surface area (Å²) in [5.41, 5.74) is 6.21. The van der Waals surface area contributed by atoms with Crippen molar-refractivity contribution in [1.82, 2.24) is 29.4 Å². The van der Waals surface area contributed by atoms with Crippen molar-refractivity contribution >= 4 is 17.5 Å². The highest BCUT2D eigenvalue weighted by molar-refractivity contribution is 7.98. The number of aromatic nitrogens is 6. The second kappa shape index (κ2) is 7.76. The summed E-state index contributed by atoms with van der Waals surface area (Å²) in [4.78, 5) is 9.07. The Morgan fingerprint density at radius 2 is 1.60 bits per heavy atom. The van der Waals surface area contributed by atoms with E-state index in [9.17, 15) is 0 Å². The third-order valence-corrected chi connectivity index (χ3v) is 5.70. The molecule has 0 N–H and O–H groups in total. The largest absolute Gasteiger partial charge is 0.253 e. The SMILES string of the molecule is Cc1cc(C)n2nc(SCc3cn(-c4ccccc4)nc3-c3ccccc3)nc2n1. The highest BCUT2D eigenvalue weighted by Crippen LogP contribution is 2.29. The third-order valence-electron chi connectivity index (χ3n) is 4.81. The summed E-state index contributed by atoms with van der Waals surface area (Å²) in [6.07, 6.45) is 2.09. The van der Waals surface area contributed by atoms with Crippen molar-refractivity contribution in [1.29, 1.82) is 0 Å². The normalized spacial score (nSPS) is 11.3. The van der Waals surface area contributed by atoms with Crippen LogP contribution in [0.25, 0.3) is 22.7 Å². The molecule has 3 heterocycles. The number of benzene rings is 2. The van der Waals surface area contributed by atoms with Crippen molar-refractivity contribution < 1.29 is 0 Å². The van der Waals surface area contributed by atoms with Crippen molar-refractivity contribution in [2.75, 3.05) is 0 Å². The van der Waals surface area contributed by atoms with E-state index in [1.165, 1.54) is 0 Å². The van der Waals surface area contributed by atoms with E-state index in [0.29, 0.717) is 16.7 Å². The van der Waals surface area contributed by atoms with E-state index in [-0.39, 0.29) is 0 Å². The number of thioether (sulfide) groups is 1. The predicted octanol–water partition coefficient (Wildman–Crippen LogP) is 4.89. The molecule has 0 radical (unpaired) electrons. The topological polar surface area (TPSA) is 60.9 Å². The number of aryl methyl sites for hydroxylation is 2. The Bertz CT molecular complexity index is 1310. The molecule has 148 valence electrons. The summed E-state index contributed by atoms with van der Waals surface area (Å²) in [5, 5.41) is 10.2. The van der Waals surface area contributed by atoms with Gasteiger partial charge in [-0.2, -0.15) is 10.1 Å². The average molecular weight is 413 g/mol. The number of fused-ring (bicyclic) bond motifs is 1. The molecule has 0 aliphatic rings. The zero-order chi connectivity index (χ0) is 20.5. The molecule has 5 rings (SSSR count). The van der Waals surface area contributed by atoms with E-state index in [0.717, 1.165) is 33.9 Å². The quantitative estimate of drug-likeness (QED) is 0.385. The fraction of sp³-hybridized carbons (Fsp3) is 0.130. The van der Waals surface area contributed by atoms with Crippen LogP contribution in [0, 0.1) is 13.8 Å². The van der Waals surface area contributed by atoms with E-state index >= 15 is 0 Å². The maximum atomic E-state index is 4.88. The Hall–Kier alpha value is -3.45. The Kier molecular flexibility index (Phi) is 4.80. The van der Waals surface area contributed by atoms with Crippen LogP contribution in [-0.2, 0) is 5.75 Å². The van der Waals surface area contributed by atoms with Crippen molar-refractivity contribution in [3.8, 4) is 16.9 Å². The van der Waals surface area contributed by atoms with E-state index in [1.807, 2.05) is 61.0 Å². The highest BCUT2D eigenvalue weighted by Gasteiger charge is 2.15. The molecule has 0 atom stereocenters. The van der Waals surface area contributed by atoms with Gasteiger partial charge in [0, 0.05) is 34.5 Å². The van der Waals surface area contributed by atoms with E-state index < -0.39 is 0 Å². The molecule has 30 heavy (non-hydrogen) atoms. The molecule has 5 aromatic rings. The van der Waals surface area contributed by atoms with E-state index in [4.69, 9.17) is 5.10 Å². The lowest BCUT2D eigenvalue weighted by Gasteiger charge is -2.01. The predicted molar refractivity (Wildman–Crippen MR) is 119 cm³/mol. The number of para-hydroxylation sites is 1. The Labute approximate surface area is 178 Å². The van der Waals surface area contributed by atoms with Crippen LogP contribution in [0.5, 0.6) is 0 Å². The number of hydrogen-bond donors (Lipinski definition) is 0. The van der Waals surface area contributed by atoms with Gasteiger partial charge >= 0.3 is 0 Å². The van der Waals surface area contributed by atoms with Crippen molar-refractivity contribution in [3.05, 3.63) is 89.9 Å². The first-order chi connectivity index (χ1) is 14.7. The van der Waals surface area contributed by atoms with Crippen molar-refractivity contribution in [2.45, 2.75) is 24.8 Å². The second-order valence-corrected chi connectivity index (χ2v) is 8.03. The van der Waals surface area contributed by atoms with Crippen LogP contribution in [-0.4, -0.2) is 29.4 Å². The van der Waals surface area contributed by atoms with Crippen LogP contribution in [0.3, 0.4) is 0 Å². The standard InChI is InChI=1S/C23H20N6S/c1-16-13-17(2)29-22(24-16)25-23(27-29)30-15-19-14-28(20-11-7-4-8-12-20)26-21(19)18-9-5-3-6-10-18/h3-14H,15H2,1-2H3. The molecule has 0 aliphatic heterocycles. The molecule has 0 aliphatic carbocycles. The first-order valence-electron chi connectivity index (χ1n) is 9.70. The third kappa shape index (κ3) is 3.59. The molecular weight excluding hydrogens is 392 g/mol. The molecule has 0 saturated heterocycles. The van der Waals surface area contributed by atoms with E-state index in [2.05, 4.69) is 45.5 Å². The molecule has 0 spiro atoms. The average Bonchev–Trinajstić information content (AvgIpc) is 3.38. The van der Waals surface area contributed by atoms with Crippen LogP contribution in [0.1, 0.15) is 17.0 Å². The lowest BCUT2D eigenvalue weighted by molar-refractivity contribution is 0.843. The molecule has 0 fully saturated rings. The van der Waals surface area contributed by atoms with Crippen LogP contribution >= 0.6 is 11.8 Å². The molecule has 0 unspecified atom stereocenters. The van der Waals surface area contributed by atoms with Gasteiger partial charge in [-0.05, 0) is 32.0 Å². The van der Waals surface area contributed by atoms with Gasteiger partial charge in [-0.15, -0.1) is 5.10 Å². The molecule has 6 nitrogen and oxygen atoms in total. The van der Waals surface area contributed by atoms with Crippen molar-refractivity contribution in [3.63, 3.8) is 0 Å². The highest BCUT2D eigenvalue weighted by atomic mass is 32.2. The summed E-state index contributed by atoms with van der Waals surface area (Å²) in [7, 11) is 0. The van der Waals surface area contributed by atoms with Gasteiger partial charge in [0.05, 0.1) is 11.4 Å². The Balaban J connectivity index is 1.49. The lowest BCUT2D eigenvalue weighted by atomic mass is 10.1. The fourth-order valence-corrected chi connectivity index (χ4v) is 4.20. The second-order valence-electron chi connectivity index (χ2n) is 7.08. The zero-order valence-electron chi connectivity index (χ0n) is 16.7. The Morgan fingerprint density at radius 1 is 0.867 bits per heavy atom. The molecule has 0 amide bonds. The summed E-state index contributed by atoms with van der Waals surface area (Å²) in [6, 6.07) is 22.4.